The zero-order chi connectivity index (χ0) is 45.0. The van der Waals surface area contributed by atoms with E-state index in [0.717, 1.165) is 53.2 Å². The van der Waals surface area contributed by atoms with Crippen LogP contribution >= 0.6 is 11.6 Å². The minimum absolute atomic E-state index is 0.0249. The van der Waals surface area contributed by atoms with Gasteiger partial charge in [0.15, 0.2) is 0 Å². The number of hydrogen-bond acceptors (Lipinski definition) is 10. The number of imide groups is 1. The third-order valence-electron chi connectivity index (χ3n) is 11.7. The summed E-state index contributed by atoms with van der Waals surface area (Å²) in [5.41, 5.74) is 6.74. The normalized spacial score (nSPS) is 17.4. The number of piperazine rings is 1. The van der Waals surface area contributed by atoms with E-state index in [9.17, 15) is 29.1 Å². The minimum atomic E-state index is -0.820. The summed E-state index contributed by atoms with van der Waals surface area (Å²) < 4.78 is 17.5. The number of phenolic OH excluding ortho intramolecular Hbond substituents is 1. The highest BCUT2D eigenvalue weighted by Crippen LogP contribution is 2.36. The Morgan fingerprint density at radius 1 is 0.828 bits per heavy atom. The maximum atomic E-state index is 13.1. The molecule has 4 aromatic rings. The summed E-state index contributed by atoms with van der Waals surface area (Å²) in [5.74, 6) is -0.115. The average Bonchev–Trinajstić information content (AvgIpc) is 3.64. The van der Waals surface area contributed by atoms with E-state index in [2.05, 4.69) is 39.8 Å². The van der Waals surface area contributed by atoms with Crippen molar-refractivity contribution in [3.05, 3.63) is 125 Å². The Bertz CT molecular complexity index is 2320. The molecule has 0 radical (unpaired) electrons. The van der Waals surface area contributed by atoms with Crippen LogP contribution in [0.3, 0.4) is 0 Å². The van der Waals surface area contributed by atoms with Crippen molar-refractivity contribution in [3.8, 4) is 11.5 Å². The fraction of sp³-hybridized carbons (Fsp3) is 0.367. The number of rotatable bonds is 19. The van der Waals surface area contributed by atoms with Crippen LogP contribution in [0.4, 0.5) is 5.69 Å². The van der Waals surface area contributed by atoms with Gasteiger partial charge in [0, 0.05) is 68.4 Å². The van der Waals surface area contributed by atoms with E-state index >= 15 is 0 Å². The number of hydrogen-bond donors (Lipinski definition) is 3. The first-order valence-corrected chi connectivity index (χ1v) is 22.3. The van der Waals surface area contributed by atoms with Crippen molar-refractivity contribution in [3.63, 3.8) is 0 Å². The van der Waals surface area contributed by atoms with Gasteiger partial charge in [0.25, 0.3) is 11.8 Å². The predicted octanol–water partition coefficient (Wildman–Crippen LogP) is 5.71. The average molecular weight is 892 g/mol. The van der Waals surface area contributed by atoms with Gasteiger partial charge in [-0.15, -0.1) is 11.6 Å². The number of phenols is 1. The Morgan fingerprint density at radius 2 is 1.55 bits per heavy atom. The Balaban J connectivity index is 0.786. The number of aromatic hydroxyl groups is 1. The standard InChI is InChI=1S/C49H54ClN5O9/c1-33(47(59)51-42-9-5-8-40-41(42)32-55(49(40)61)43-18-19-44(57)52-48(43)60)63-31-30-62-28-21-45(58)54-25-23-53(24-26-54)27-29-64-38-16-12-36(13-17-38)46(35-10-14-37(56)15-11-35)39(20-22-50)34-6-3-2-4-7-34/h2-17,33,43,56H,18-32H2,1H3,(H,51,59)(H,52,57,60). The first kappa shape index (κ1) is 45.9. The van der Waals surface area contributed by atoms with Crippen molar-refractivity contribution in [2.45, 2.75) is 51.3 Å². The van der Waals surface area contributed by atoms with Crippen LogP contribution in [0.25, 0.3) is 11.1 Å². The van der Waals surface area contributed by atoms with Crippen molar-refractivity contribution in [1.82, 2.24) is 20.0 Å². The molecule has 0 saturated carbocycles. The number of alkyl halides is 1. The maximum absolute atomic E-state index is 13.1. The van der Waals surface area contributed by atoms with Crippen LogP contribution in [0.5, 0.6) is 11.5 Å². The lowest BCUT2D eigenvalue weighted by Gasteiger charge is -2.34. The molecule has 3 heterocycles. The van der Waals surface area contributed by atoms with E-state index in [4.69, 9.17) is 25.8 Å². The highest BCUT2D eigenvalue weighted by Gasteiger charge is 2.40. The van der Waals surface area contributed by atoms with Crippen molar-refractivity contribution in [2.24, 2.45) is 0 Å². The van der Waals surface area contributed by atoms with E-state index in [1.807, 2.05) is 47.4 Å². The first-order valence-electron chi connectivity index (χ1n) is 21.7. The summed E-state index contributed by atoms with van der Waals surface area (Å²) in [6.45, 7) is 6.29. The number of nitrogens with zero attached hydrogens (tertiary/aromatic N) is 3. The highest BCUT2D eigenvalue weighted by atomic mass is 35.5. The van der Waals surface area contributed by atoms with Gasteiger partial charge >= 0.3 is 0 Å². The lowest BCUT2D eigenvalue weighted by Crippen LogP contribution is -2.52. The molecule has 64 heavy (non-hydrogen) atoms. The smallest absolute Gasteiger partial charge is 0.255 e. The first-order chi connectivity index (χ1) is 31.1. The molecular weight excluding hydrogens is 838 g/mol. The van der Waals surface area contributed by atoms with E-state index in [1.165, 1.54) is 4.90 Å². The number of allylic oxidation sites excluding steroid dienone is 1. The second kappa shape index (κ2) is 22.0. The summed E-state index contributed by atoms with van der Waals surface area (Å²) in [5, 5.41) is 15.1. The molecule has 3 N–H and O–H groups in total. The minimum Gasteiger partial charge on any atom is -0.508 e. The molecular formula is C49H54ClN5O9. The molecule has 3 aliphatic heterocycles. The van der Waals surface area contributed by atoms with E-state index in [1.54, 1.807) is 37.3 Å². The van der Waals surface area contributed by atoms with Crippen LogP contribution in [0.2, 0.25) is 0 Å². The molecule has 7 rings (SSSR count). The number of piperidine rings is 1. The summed E-state index contributed by atoms with van der Waals surface area (Å²) in [4.78, 5) is 68.7. The van der Waals surface area contributed by atoms with E-state index < -0.39 is 24.0 Å². The molecule has 0 spiro atoms. The molecule has 2 unspecified atom stereocenters. The van der Waals surface area contributed by atoms with Gasteiger partial charge in [0.05, 0.1) is 26.2 Å². The number of amides is 5. The maximum Gasteiger partial charge on any atom is 0.255 e. The summed E-state index contributed by atoms with van der Waals surface area (Å²) in [7, 11) is 0. The van der Waals surface area contributed by atoms with Gasteiger partial charge in [-0.05, 0) is 84.0 Å². The summed E-state index contributed by atoms with van der Waals surface area (Å²) in [6, 6.07) is 29.8. The van der Waals surface area contributed by atoms with Gasteiger partial charge in [-0.2, -0.15) is 0 Å². The second-order valence-electron chi connectivity index (χ2n) is 15.9. The number of carbonyl (C=O) groups is 5. The van der Waals surface area contributed by atoms with Crippen LogP contribution < -0.4 is 15.4 Å². The molecule has 2 saturated heterocycles. The van der Waals surface area contributed by atoms with Crippen molar-refractivity contribution < 1.29 is 43.3 Å². The number of carbonyl (C=O) groups excluding carboxylic acids is 5. The molecule has 0 bridgehead atoms. The second-order valence-corrected chi connectivity index (χ2v) is 16.3. The van der Waals surface area contributed by atoms with Gasteiger partial charge in [0.1, 0.15) is 30.3 Å². The van der Waals surface area contributed by atoms with Crippen LogP contribution in [0, 0.1) is 0 Å². The largest absolute Gasteiger partial charge is 0.508 e. The summed E-state index contributed by atoms with van der Waals surface area (Å²) in [6.07, 6.45) is 0.501. The number of benzene rings is 4. The van der Waals surface area contributed by atoms with Gasteiger partial charge in [-0.25, -0.2) is 0 Å². The van der Waals surface area contributed by atoms with Crippen LogP contribution in [-0.4, -0.2) is 127 Å². The number of fused-ring (bicyclic) bond motifs is 1. The van der Waals surface area contributed by atoms with Gasteiger partial charge in [-0.1, -0.05) is 60.7 Å². The van der Waals surface area contributed by atoms with Crippen LogP contribution in [0.15, 0.2) is 97.1 Å². The van der Waals surface area contributed by atoms with Gasteiger partial charge in [-0.3, -0.25) is 34.2 Å². The Morgan fingerprint density at radius 3 is 2.25 bits per heavy atom. The van der Waals surface area contributed by atoms with Gasteiger partial charge < -0.3 is 34.4 Å². The lowest BCUT2D eigenvalue weighted by atomic mass is 9.88. The zero-order valence-electron chi connectivity index (χ0n) is 35.9. The monoisotopic (exact) mass is 891 g/mol. The van der Waals surface area contributed by atoms with E-state index in [0.29, 0.717) is 48.8 Å². The highest BCUT2D eigenvalue weighted by molar-refractivity contribution is 6.18. The van der Waals surface area contributed by atoms with Gasteiger partial charge in [0.2, 0.25) is 17.7 Å². The van der Waals surface area contributed by atoms with Crippen LogP contribution in [-0.2, 0) is 35.2 Å². The zero-order valence-corrected chi connectivity index (χ0v) is 36.7. The molecule has 3 aliphatic rings. The van der Waals surface area contributed by atoms with Crippen molar-refractivity contribution in [1.29, 1.82) is 0 Å². The Labute approximate surface area is 378 Å². The molecule has 5 amide bonds. The molecule has 2 fully saturated rings. The van der Waals surface area contributed by atoms with Crippen molar-refractivity contribution in [2.75, 3.05) is 70.3 Å². The number of halogens is 1. The Kier molecular flexibility index (Phi) is 15.8. The topological polar surface area (TPSA) is 167 Å². The molecule has 0 aliphatic carbocycles. The van der Waals surface area contributed by atoms with Crippen LogP contribution in [0.1, 0.15) is 65.2 Å². The number of nitrogens with one attached hydrogen (secondary N) is 2. The molecule has 336 valence electrons. The third-order valence-corrected chi connectivity index (χ3v) is 11.9. The fourth-order valence-corrected chi connectivity index (χ4v) is 8.43. The molecule has 2 atom stereocenters. The quantitative estimate of drug-likeness (QED) is 0.0459. The summed E-state index contributed by atoms with van der Waals surface area (Å²) >= 11 is 6.31. The SMILES string of the molecule is CC(OCCOCCC(=O)N1CCN(CCOc2ccc(C(=C(CCCl)c3ccccc3)c3ccc(O)cc3)cc2)CC1)C(=O)Nc1cccc2c1CN(C1CCC(=O)NC1=O)C2=O. The van der Waals surface area contributed by atoms with Crippen molar-refractivity contribution >= 4 is 58.0 Å². The third kappa shape index (κ3) is 11.5. The fourth-order valence-electron chi connectivity index (χ4n) is 8.24. The molecule has 0 aromatic heterocycles. The number of anilines is 1. The number of ether oxygens (including phenoxy) is 3. The Hall–Kier alpha value is -6.06. The molecule has 4 aromatic carbocycles. The van der Waals surface area contributed by atoms with E-state index in [-0.39, 0.29) is 69.1 Å². The molecule has 14 nitrogen and oxygen atoms in total. The lowest BCUT2D eigenvalue weighted by molar-refractivity contribution is -0.137. The molecule has 15 heteroatoms. The predicted molar refractivity (Wildman–Crippen MR) is 243 cm³/mol.